The zero-order valence-corrected chi connectivity index (χ0v) is 21.8. The fourth-order valence-corrected chi connectivity index (χ4v) is 4.50. The summed E-state index contributed by atoms with van der Waals surface area (Å²) in [4.78, 5) is 25.4. The van der Waals surface area contributed by atoms with Crippen LogP contribution < -0.4 is 14.8 Å². The van der Waals surface area contributed by atoms with E-state index in [-0.39, 0.29) is 24.7 Å². The van der Waals surface area contributed by atoms with Gasteiger partial charge in [0.15, 0.2) is 11.5 Å². The number of allylic oxidation sites excluding steroid dienone is 1. The lowest BCUT2D eigenvalue weighted by atomic mass is 9.98. The molecule has 0 unspecified atom stereocenters. The third-order valence-electron chi connectivity index (χ3n) is 6.06. The Morgan fingerprint density at radius 2 is 1.59 bits per heavy atom. The fraction of sp³-hybridized carbons (Fsp3) is 0.290. The Labute approximate surface area is 218 Å². The highest BCUT2D eigenvalue weighted by Crippen LogP contribution is 2.45. The number of carbonyl (C=O) groups excluding carboxylic acids is 2. The number of nitrogens with one attached hydrogen (secondary N) is 1. The predicted molar refractivity (Wildman–Crippen MR) is 145 cm³/mol. The quantitative estimate of drug-likeness (QED) is 0.200. The van der Waals surface area contributed by atoms with E-state index in [0.29, 0.717) is 17.9 Å². The Balaban J connectivity index is 1.61. The highest BCUT2D eigenvalue weighted by atomic mass is 16.6. The summed E-state index contributed by atoms with van der Waals surface area (Å²) in [5.41, 5.74) is 5.07. The van der Waals surface area contributed by atoms with Crippen LogP contribution in [0, 0.1) is 0 Å². The summed E-state index contributed by atoms with van der Waals surface area (Å²) in [5, 5.41) is 2.83. The van der Waals surface area contributed by atoms with Crippen LogP contribution in [0.15, 0.2) is 73.3 Å². The molecule has 3 aromatic carbocycles. The SMILES string of the molecule is C=CCc1ccc(OC(C)(C)C)c(OC(=O)CC)c1NC(=O)OCC1c2ccccc2-c2ccccc21. The fourth-order valence-electron chi connectivity index (χ4n) is 4.50. The minimum Gasteiger partial charge on any atom is -0.484 e. The third-order valence-corrected chi connectivity index (χ3v) is 6.06. The minimum atomic E-state index is -0.645. The highest BCUT2D eigenvalue weighted by Gasteiger charge is 2.30. The highest BCUT2D eigenvalue weighted by molar-refractivity contribution is 5.91. The normalized spacial score (nSPS) is 12.3. The molecular formula is C31H33NO5. The molecular weight excluding hydrogens is 466 g/mol. The van der Waals surface area contributed by atoms with Gasteiger partial charge in [-0.05, 0) is 61.1 Å². The monoisotopic (exact) mass is 499 g/mol. The van der Waals surface area contributed by atoms with Gasteiger partial charge >= 0.3 is 12.1 Å². The molecule has 37 heavy (non-hydrogen) atoms. The number of carbonyl (C=O) groups is 2. The van der Waals surface area contributed by atoms with E-state index in [1.54, 1.807) is 19.1 Å². The van der Waals surface area contributed by atoms with Crippen LogP contribution in [0.1, 0.15) is 56.7 Å². The van der Waals surface area contributed by atoms with Gasteiger partial charge in [0.05, 0.1) is 5.69 Å². The van der Waals surface area contributed by atoms with E-state index < -0.39 is 17.7 Å². The van der Waals surface area contributed by atoms with Crippen molar-refractivity contribution in [2.75, 3.05) is 11.9 Å². The number of fused-ring (bicyclic) bond motifs is 3. The topological polar surface area (TPSA) is 73.9 Å². The van der Waals surface area contributed by atoms with Crippen LogP contribution in [0.25, 0.3) is 11.1 Å². The largest absolute Gasteiger partial charge is 0.484 e. The number of hydrogen-bond donors (Lipinski definition) is 1. The summed E-state index contributed by atoms with van der Waals surface area (Å²) in [5.74, 6) is 0.00883. The average molecular weight is 500 g/mol. The molecule has 6 heteroatoms. The summed E-state index contributed by atoms with van der Waals surface area (Å²) in [6.45, 7) is 11.4. The number of esters is 1. The molecule has 3 aromatic rings. The summed E-state index contributed by atoms with van der Waals surface area (Å²) >= 11 is 0. The number of ether oxygens (including phenoxy) is 3. The van der Waals surface area contributed by atoms with Gasteiger partial charge in [0, 0.05) is 12.3 Å². The number of anilines is 1. The Hall–Kier alpha value is -4.06. The Morgan fingerprint density at radius 1 is 0.973 bits per heavy atom. The van der Waals surface area contributed by atoms with Gasteiger partial charge < -0.3 is 14.2 Å². The van der Waals surface area contributed by atoms with Crippen LogP contribution in [0.3, 0.4) is 0 Å². The minimum absolute atomic E-state index is 0.0706. The average Bonchev–Trinajstić information content (AvgIpc) is 3.19. The lowest BCUT2D eigenvalue weighted by molar-refractivity contribution is -0.134. The molecule has 1 aliphatic carbocycles. The van der Waals surface area contributed by atoms with Gasteiger partial charge in [0.25, 0.3) is 0 Å². The van der Waals surface area contributed by atoms with Crippen LogP contribution in [0.5, 0.6) is 11.5 Å². The standard InChI is InChI=1S/C31H33NO5/c1-6-12-20-17-18-26(37-31(3,4)5)29(36-27(33)7-2)28(20)32-30(34)35-19-25-23-15-10-8-13-21(23)22-14-9-11-16-24(22)25/h6,8-11,13-18,25H,1,7,12,19H2,2-5H3,(H,32,34). The molecule has 0 heterocycles. The molecule has 0 spiro atoms. The van der Waals surface area contributed by atoms with E-state index in [2.05, 4.69) is 36.2 Å². The van der Waals surface area contributed by atoms with Crippen molar-refractivity contribution in [3.8, 4) is 22.6 Å². The molecule has 0 saturated carbocycles. The first-order chi connectivity index (χ1) is 17.7. The van der Waals surface area contributed by atoms with Gasteiger partial charge in [-0.15, -0.1) is 6.58 Å². The maximum atomic E-state index is 13.1. The van der Waals surface area contributed by atoms with Gasteiger partial charge in [-0.3, -0.25) is 10.1 Å². The summed E-state index contributed by atoms with van der Waals surface area (Å²) < 4.78 is 17.5. The molecule has 6 nitrogen and oxygen atoms in total. The van der Waals surface area contributed by atoms with Crippen molar-refractivity contribution in [1.82, 2.24) is 0 Å². The Bertz CT molecular complexity index is 1280. The van der Waals surface area contributed by atoms with Crippen LogP contribution in [-0.4, -0.2) is 24.3 Å². The predicted octanol–water partition coefficient (Wildman–Crippen LogP) is 7.27. The first-order valence-electron chi connectivity index (χ1n) is 12.5. The van der Waals surface area contributed by atoms with Crippen molar-refractivity contribution >= 4 is 17.7 Å². The van der Waals surface area contributed by atoms with E-state index in [1.165, 1.54) is 0 Å². The van der Waals surface area contributed by atoms with Gasteiger partial charge in [-0.25, -0.2) is 4.79 Å². The third kappa shape index (κ3) is 5.85. The maximum absolute atomic E-state index is 13.1. The molecule has 0 radical (unpaired) electrons. The van der Waals surface area contributed by atoms with Gasteiger partial charge in [0.2, 0.25) is 0 Å². The second-order valence-corrected chi connectivity index (χ2v) is 9.91. The van der Waals surface area contributed by atoms with Gasteiger partial charge in [-0.2, -0.15) is 0 Å². The zero-order chi connectivity index (χ0) is 26.6. The van der Waals surface area contributed by atoms with E-state index >= 15 is 0 Å². The molecule has 0 aliphatic heterocycles. The van der Waals surface area contributed by atoms with Gasteiger partial charge in [0.1, 0.15) is 12.2 Å². The second-order valence-electron chi connectivity index (χ2n) is 9.91. The number of rotatable bonds is 8. The second kappa shape index (κ2) is 10.9. The van der Waals surface area contributed by atoms with Crippen molar-refractivity contribution in [3.05, 3.63) is 90.0 Å². The van der Waals surface area contributed by atoms with Crippen molar-refractivity contribution < 1.29 is 23.8 Å². The summed E-state index contributed by atoms with van der Waals surface area (Å²) in [7, 11) is 0. The molecule has 1 aliphatic rings. The lowest BCUT2D eigenvalue weighted by Crippen LogP contribution is -2.24. The summed E-state index contributed by atoms with van der Waals surface area (Å²) in [6.07, 6.45) is 1.69. The van der Waals surface area contributed by atoms with Crippen molar-refractivity contribution in [1.29, 1.82) is 0 Å². The molecule has 1 amide bonds. The van der Waals surface area contributed by atoms with Gasteiger partial charge in [-0.1, -0.05) is 67.6 Å². The molecule has 1 N–H and O–H groups in total. The van der Waals surface area contributed by atoms with E-state index in [4.69, 9.17) is 14.2 Å². The number of benzene rings is 3. The maximum Gasteiger partial charge on any atom is 0.411 e. The van der Waals surface area contributed by atoms with Crippen molar-refractivity contribution in [2.24, 2.45) is 0 Å². The van der Waals surface area contributed by atoms with E-state index in [1.807, 2.05) is 51.1 Å². The number of hydrogen-bond acceptors (Lipinski definition) is 5. The smallest absolute Gasteiger partial charge is 0.411 e. The molecule has 4 rings (SSSR count). The molecule has 0 saturated heterocycles. The van der Waals surface area contributed by atoms with Crippen molar-refractivity contribution in [2.45, 2.75) is 52.1 Å². The Kier molecular flexibility index (Phi) is 7.67. The molecule has 192 valence electrons. The molecule has 0 aromatic heterocycles. The van der Waals surface area contributed by atoms with Crippen LogP contribution in [-0.2, 0) is 16.0 Å². The van der Waals surface area contributed by atoms with Crippen LogP contribution >= 0.6 is 0 Å². The lowest BCUT2D eigenvalue weighted by Gasteiger charge is -2.25. The summed E-state index contributed by atoms with van der Waals surface area (Å²) in [6, 6.07) is 19.9. The van der Waals surface area contributed by atoms with Crippen LogP contribution in [0.2, 0.25) is 0 Å². The zero-order valence-electron chi connectivity index (χ0n) is 21.8. The van der Waals surface area contributed by atoms with E-state index in [9.17, 15) is 9.59 Å². The van der Waals surface area contributed by atoms with Crippen LogP contribution in [0.4, 0.5) is 10.5 Å². The first kappa shape index (κ1) is 26.0. The Morgan fingerprint density at radius 3 is 2.16 bits per heavy atom. The molecule has 0 fully saturated rings. The molecule has 0 atom stereocenters. The number of amides is 1. The van der Waals surface area contributed by atoms with Crippen molar-refractivity contribution in [3.63, 3.8) is 0 Å². The molecule has 0 bridgehead atoms. The van der Waals surface area contributed by atoms with E-state index in [0.717, 1.165) is 27.8 Å². The first-order valence-corrected chi connectivity index (χ1v) is 12.5.